The van der Waals surface area contributed by atoms with Crippen LogP contribution in [0.1, 0.15) is 26.2 Å². The SMILES string of the molecule is C=C(NC)C(CCCC)(NC)NC. The van der Waals surface area contributed by atoms with Crippen molar-refractivity contribution < 1.29 is 0 Å². The van der Waals surface area contributed by atoms with E-state index in [1.165, 1.54) is 12.8 Å². The van der Waals surface area contributed by atoms with Crippen LogP contribution in [0.4, 0.5) is 0 Å². The minimum Gasteiger partial charge on any atom is -0.389 e. The molecule has 3 heteroatoms. The highest BCUT2D eigenvalue weighted by Crippen LogP contribution is 2.16. The van der Waals surface area contributed by atoms with E-state index in [4.69, 9.17) is 0 Å². The first kappa shape index (κ1) is 12.5. The Kier molecular flexibility index (Phi) is 5.75. The molecule has 3 N–H and O–H groups in total. The van der Waals surface area contributed by atoms with Gasteiger partial charge in [-0.1, -0.05) is 26.3 Å². The second-order valence-corrected chi connectivity index (χ2v) is 3.24. The van der Waals surface area contributed by atoms with Crippen LogP contribution >= 0.6 is 0 Å². The summed E-state index contributed by atoms with van der Waals surface area (Å²) in [5, 5.41) is 9.65. The van der Waals surface area contributed by atoms with E-state index in [9.17, 15) is 0 Å². The third-order valence-electron chi connectivity index (χ3n) is 2.58. The lowest BCUT2D eigenvalue weighted by atomic mass is 9.99. The van der Waals surface area contributed by atoms with Gasteiger partial charge < -0.3 is 5.32 Å². The molecule has 0 aliphatic heterocycles. The number of rotatable bonds is 7. The van der Waals surface area contributed by atoms with Crippen molar-refractivity contribution in [3.8, 4) is 0 Å². The summed E-state index contributed by atoms with van der Waals surface area (Å²) in [5.41, 5.74) is 0.830. The summed E-state index contributed by atoms with van der Waals surface area (Å²) in [6, 6.07) is 0. The zero-order valence-corrected chi connectivity index (χ0v) is 9.33. The van der Waals surface area contributed by atoms with Gasteiger partial charge in [0, 0.05) is 12.7 Å². The lowest BCUT2D eigenvalue weighted by Crippen LogP contribution is -2.57. The molecular formula is C10H23N3. The Morgan fingerprint density at radius 2 is 1.77 bits per heavy atom. The van der Waals surface area contributed by atoms with Crippen molar-refractivity contribution in [2.24, 2.45) is 0 Å². The first-order valence-corrected chi connectivity index (χ1v) is 4.91. The first-order valence-electron chi connectivity index (χ1n) is 4.91. The fraction of sp³-hybridized carbons (Fsp3) is 0.800. The molecule has 3 nitrogen and oxygen atoms in total. The molecule has 0 aliphatic rings. The smallest absolute Gasteiger partial charge is 0.109 e. The van der Waals surface area contributed by atoms with Crippen LogP contribution in [0, 0.1) is 0 Å². The van der Waals surface area contributed by atoms with Gasteiger partial charge in [0.15, 0.2) is 0 Å². The van der Waals surface area contributed by atoms with E-state index >= 15 is 0 Å². The van der Waals surface area contributed by atoms with Crippen molar-refractivity contribution in [3.05, 3.63) is 12.3 Å². The largest absolute Gasteiger partial charge is 0.389 e. The Morgan fingerprint density at radius 1 is 1.23 bits per heavy atom. The van der Waals surface area contributed by atoms with Gasteiger partial charge in [-0.3, -0.25) is 10.6 Å². The molecule has 0 fully saturated rings. The van der Waals surface area contributed by atoms with Crippen molar-refractivity contribution >= 4 is 0 Å². The molecule has 0 saturated heterocycles. The molecule has 0 aromatic rings. The molecule has 0 saturated carbocycles. The molecule has 0 atom stereocenters. The Hall–Kier alpha value is -0.540. The van der Waals surface area contributed by atoms with Crippen LogP contribution in [0.2, 0.25) is 0 Å². The Morgan fingerprint density at radius 3 is 2.08 bits per heavy atom. The summed E-state index contributed by atoms with van der Waals surface area (Å²) in [6.07, 6.45) is 3.43. The van der Waals surface area contributed by atoms with Crippen LogP contribution in [0.25, 0.3) is 0 Å². The second kappa shape index (κ2) is 6.00. The number of hydrogen-bond acceptors (Lipinski definition) is 3. The summed E-state index contributed by atoms with van der Waals surface area (Å²) >= 11 is 0. The average Bonchev–Trinajstić information content (AvgIpc) is 2.19. The lowest BCUT2D eigenvalue weighted by molar-refractivity contribution is 0.307. The minimum absolute atomic E-state index is 0.162. The Labute approximate surface area is 82.0 Å². The van der Waals surface area contributed by atoms with Crippen LogP contribution in [0.3, 0.4) is 0 Å². The highest BCUT2D eigenvalue weighted by Gasteiger charge is 2.27. The molecule has 0 amide bonds. The fourth-order valence-electron chi connectivity index (χ4n) is 1.48. The van der Waals surface area contributed by atoms with E-state index in [0.29, 0.717) is 0 Å². The number of nitrogens with one attached hydrogen (secondary N) is 3. The van der Waals surface area contributed by atoms with Gasteiger partial charge >= 0.3 is 0 Å². The molecule has 0 spiro atoms. The van der Waals surface area contributed by atoms with Gasteiger partial charge in [-0.15, -0.1) is 0 Å². The highest BCUT2D eigenvalue weighted by molar-refractivity contribution is 5.12. The standard InChI is InChI=1S/C10H23N3/c1-6-7-8-10(12-4,13-5)9(2)11-3/h11-13H,2,6-8H2,1,3-5H3. The topological polar surface area (TPSA) is 36.1 Å². The van der Waals surface area contributed by atoms with Gasteiger partial charge in [0.05, 0.1) is 0 Å². The fourth-order valence-corrected chi connectivity index (χ4v) is 1.48. The first-order chi connectivity index (χ1) is 6.16. The van der Waals surface area contributed by atoms with Crippen molar-refractivity contribution in [2.45, 2.75) is 31.8 Å². The molecule has 0 aromatic carbocycles. The van der Waals surface area contributed by atoms with Gasteiger partial charge in [-0.2, -0.15) is 0 Å². The molecule has 0 aromatic heterocycles. The molecule has 0 bridgehead atoms. The number of unbranched alkanes of at least 4 members (excludes halogenated alkanes) is 1. The maximum absolute atomic E-state index is 4.00. The molecule has 0 unspecified atom stereocenters. The van der Waals surface area contributed by atoms with Crippen LogP contribution in [0.5, 0.6) is 0 Å². The van der Waals surface area contributed by atoms with Crippen LogP contribution in [0.15, 0.2) is 12.3 Å². The quantitative estimate of drug-likeness (QED) is 0.519. The van der Waals surface area contributed by atoms with Gasteiger partial charge in [0.2, 0.25) is 0 Å². The van der Waals surface area contributed by atoms with Crippen molar-refractivity contribution in [1.29, 1.82) is 0 Å². The van der Waals surface area contributed by atoms with Gasteiger partial charge in [0.25, 0.3) is 0 Å². The predicted molar refractivity (Wildman–Crippen MR) is 58.6 cm³/mol. The molecule has 0 rings (SSSR count). The highest BCUT2D eigenvalue weighted by atomic mass is 15.2. The van der Waals surface area contributed by atoms with E-state index in [2.05, 4.69) is 29.5 Å². The van der Waals surface area contributed by atoms with Crippen LogP contribution in [-0.2, 0) is 0 Å². The molecule has 13 heavy (non-hydrogen) atoms. The lowest BCUT2D eigenvalue weighted by Gasteiger charge is -2.35. The molecular weight excluding hydrogens is 162 g/mol. The van der Waals surface area contributed by atoms with Crippen LogP contribution < -0.4 is 16.0 Å². The summed E-state index contributed by atoms with van der Waals surface area (Å²) in [6.45, 7) is 6.20. The third kappa shape index (κ3) is 3.01. The van der Waals surface area contributed by atoms with Gasteiger partial charge in [-0.25, -0.2) is 0 Å². The maximum Gasteiger partial charge on any atom is 0.109 e. The van der Waals surface area contributed by atoms with Crippen LogP contribution in [-0.4, -0.2) is 26.8 Å². The van der Waals surface area contributed by atoms with Crippen molar-refractivity contribution in [2.75, 3.05) is 21.1 Å². The predicted octanol–water partition coefficient (Wildman–Crippen LogP) is 1.04. The summed E-state index contributed by atoms with van der Waals surface area (Å²) in [7, 11) is 5.81. The summed E-state index contributed by atoms with van der Waals surface area (Å²) < 4.78 is 0. The molecule has 0 aliphatic carbocycles. The molecule has 0 radical (unpaired) electrons. The van der Waals surface area contributed by atoms with E-state index < -0.39 is 0 Å². The maximum atomic E-state index is 4.00. The van der Waals surface area contributed by atoms with Gasteiger partial charge in [0.1, 0.15) is 5.66 Å². The summed E-state index contributed by atoms with van der Waals surface area (Å²) in [5.74, 6) is 0. The van der Waals surface area contributed by atoms with E-state index in [0.717, 1.165) is 12.1 Å². The second-order valence-electron chi connectivity index (χ2n) is 3.24. The van der Waals surface area contributed by atoms with Gasteiger partial charge in [-0.05, 0) is 20.5 Å². The van der Waals surface area contributed by atoms with E-state index in [1.807, 2.05) is 21.1 Å². The number of likely N-dealkylation sites (N-methyl/N-ethyl adjacent to an activating group) is 3. The average molecular weight is 185 g/mol. The van der Waals surface area contributed by atoms with E-state index in [1.54, 1.807) is 0 Å². The molecule has 0 heterocycles. The normalized spacial score (nSPS) is 11.4. The Bertz CT molecular complexity index is 150. The number of hydrogen-bond donors (Lipinski definition) is 3. The van der Waals surface area contributed by atoms with Crippen molar-refractivity contribution in [3.63, 3.8) is 0 Å². The minimum atomic E-state index is -0.162. The monoisotopic (exact) mass is 185 g/mol. The van der Waals surface area contributed by atoms with E-state index in [-0.39, 0.29) is 5.66 Å². The third-order valence-corrected chi connectivity index (χ3v) is 2.58. The van der Waals surface area contributed by atoms with Crippen molar-refractivity contribution in [1.82, 2.24) is 16.0 Å². The Balaban J connectivity index is 4.39. The molecule has 78 valence electrons. The zero-order valence-electron chi connectivity index (χ0n) is 9.33. The summed E-state index contributed by atoms with van der Waals surface area (Å²) in [4.78, 5) is 0. The zero-order chi connectivity index (χ0) is 10.3.